The van der Waals surface area contributed by atoms with Crippen molar-refractivity contribution in [1.82, 2.24) is 10.2 Å². The first-order chi connectivity index (χ1) is 9.22. The Morgan fingerprint density at radius 2 is 2.11 bits per heavy atom. The average molecular weight is 264 g/mol. The highest BCUT2D eigenvalue weighted by molar-refractivity contribution is 5.76. The summed E-state index contributed by atoms with van der Waals surface area (Å²) in [7, 11) is 1.99. The number of hydrogen-bond acceptors (Lipinski definition) is 2. The Kier molecular flexibility index (Phi) is 4.11. The predicted molar refractivity (Wildman–Crippen MR) is 76.8 cm³/mol. The molecule has 2 saturated carbocycles. The molecule has 0 aromatic carbocycles. The molecule has 1 N–H and O–H groups in total. The molecule has 0 aromatic heterocycles. The van der Waals surface area contributed by atoms with E-state index in [2.05, 4.69) is 5.32 Å². The summed E-state index contributed by atoms with van der Waals surface area (Å²) >= 11 is 0. The molecule has 108 valence electrons. The average Bonchev–Trinajstić information content (AvgIpc) is 3.02. The molecule has 1 heterocycles. The SMILES string of the molecule is CN(CC1CCCCN1)C(=O)CC1CC2CCC1C2. The molecule has 1 aliphatic heterocycles. The van der Waals surface area contributed by atoms with Gasteiger partial charge in [-0.15, -0.1) is 0 Å². The Labute approximate surface area is 117 Å². The zero-order chi connectivity index (χ0) is 13.2. The van der Waals surface area contributed by atoms with Crippen LogP contribution >= 0.6 is 0 Å². The second-order valence-electron chi connectivity index (χ2n) is 7.06. The highest BCUT2D eigenvalue weighted by Gasteiger charge is 2.40. The van der Waals surface area contributed by atoms with Crippen molar-refractivity contribution in [2.45, 2.75) is 57.4 Å². The number of nitrogens with one attached hydrogen (secondary N) is 1. The van der Waals surface area contributed by atoms with E-state index in [9.17, 15) is 4.79 Å². The molecule has 2 aliphatic carbocycles. The van der Waals surface area contributed by atoms with Crippen molar-refractivity contribution in [3.63, 3.8) is 0 Å². The summed E-state index contributed by atoms with van der Waals surface area (Å²) in [6.45, 7) is 2.03. The molecule has 3 nitrogen and oxygen atoms in total. The number of piperidine rings is 1. The highest BCUT2D eigenvalue weighted by Crippen LogP contribution is 2.49. The minimum absolute atomic E-state index is 0.380. The lowest BCUT2D eigenvalue weighted by Crippen LogP contribution is -2.44. The summed E-state index contributed by atoms with van der Waals surface area (Å²) in [5.41, 5.74) is 0. The molecule has 3 aliphatic rings. The number of nitrogens with zero attached hydrogens (tertiary/aromatic N) is 1. The lowest BCUT2D eigenvalue weighted by atomic mass is 9.86. The van der Waals surface area contributed by atoms with Gasteiger partial charge in [-0.25, -0.2) is 0 Å². The molecule has 2 bridgehead atoms. The van der Waals surface area contributed by atoms with E-state index < -0.39 is 0 Å². The van der Waals surface area contributed by atoms with Crippen molar-refractivity contribution in [1.29, 1.82) is 0 Å². The number of carbonyl (C=O) groups is 1. The predicted octanol–water partition coefficient (Wildman–Crippen LogP) is 2.41. The Morgan fingerprint density at radius 3 is 2.74 bits per heavy atom. The number of carbonyl (C=O) groups excluding carboxylic acids is 1. The van der Waals surface area contributed by atoms with Gasteiger partial charge in [-0.2, -0.15) is 0 Å². The van der Waals surface area contributed by atoms with Crippen LogP contribution in [0.5, 0.6) is 0 Å². The summed E-state index contributed by atoms with van der Waals surface area (Å²) in [5, 5.41) is 3.53. The van der Waals surface area contributed by atoms with Crippen LogP contribution in [0.1, 0.15) is 51.4 Å². The first-order valence-corrected chi connectivity index (χ1v) is 8.19. The van der Waals surface area contributed by atoms with E-state index in [1.165, 1.54) is 44.9 Å². The first kappa shape index (κ1) is 13.4. The number of fused-ring (bicyclic) bond motifs is 2. The summed E-state index contributed by atoms with van der Waals surface area (Å²) in [6, 6.07) is 0.530. The number of likely N-dealkylation sites (N-methyl/N-ethyl adjacent to an activating group) is 1. The van der Waals surface area contributed by atoms with Crippen LogP contribution in [0.15, 0.2) is 0 Å². The molecule has 1 amide bonds. The maximum Gasteiger partial charge on any atom is 0.222 e. The summed E-state index contributed by atoms with van der Waals surface area (Å²) in [6.07, 6.45) is 10.2. The molecular formula is C16H28N2O. The second-order valence-corrected chi connectivity index (χ2v) is 7.06. The van der Waals surface area contributed by atoms with E-state index in [1.54, 1.807) is 0 Å². The van der Waals surface area contributed by atoms with Crippen LogP contribution in [0, 0.1) is 17.8 Å². The van der Waals surface area contributed by atoms with Gasteiger partial charge in [0.15, 0.2) is 0 Å². The van der Waals surface area contributed by atoms with Crippen LogP contribution in [0.3, 0.4) is 0 Å². The fourth-order valence-electron chi connectivity index (χ4n) is 4.52. The molecule has 0 radical (unpaired) electrons. The van der Waals surface area contributed by atoms with E-state index >= 15 is 0 Å². The highest BCUT2D eigenvalue weighted by atomic mass is 16.2. The third-order valence-electron chi connectivity index (χ3n) is 5.65. The maximum absolute atomic E-state index is 12.3. The molecule has 3 fully saturated rings. The molecule has 0 aromatic rings. The molecule has 19 heavy (non-hydrogen) atoms. The standard InChI is InChI=1S/C16H28N2O/c1-18(11-15-4-2-3-7-17-15)16(19)10-14-9-12-5-6-13(14)8-12/h12-15,17H,2-11H2,1H3. The van der Waals surface area contributed by atoms with Gasteiger partial charge in [-0.1, -0.05) is 12.8 Å². The van der Waals surface area contributed by atoms with Crippen LogP contribution in [0.4, 0.5) is 0 Å². The molecule has 0 spiro atoms. The Balaban J connectivity index is 1.44. The normalized spacial score (nSPS) is 37.5. The molecule has 4 atom stereocenters. The van der Waals surface area contributed by atoms with Gasteiger partial charge in [0.25, 0.3) is 0 Å². The van der Waals surface area contributed by atoms with Crippen LogP contribution in [-0.2, 0) is 4.79 Å². The van der Waals surface area contributed by atoms with E-state index in [0.29, 0.717) is 17.9 Å². The Hall–Kier alpha value is -0.570. The lowest BCUT2D eigenvalue weighted by Gasteiger charge is -2.30. The van der Waals surface area contributed by atoms with Gasteiger partial charge in [0, 0.05) is 26.1 Å². The maximum atomic E-state index is 12.3. The fourth-order valence-corrected chi connectivity index (χ4v) is 4.52. The minimum atomic E-state index is 0.380. The molecule has 1 saturated heterocycles. The third kappa shape index (κ3) is 3.13. The van der Waals surface area contributed by atoms with E-state index in [-0.39, 0.29) is 0 Å². The van der Waals surface area contributed by atoms with Gasteiger partial charge in [0.05, 0.1) is 0 Å². The monoisotopic (exact) mass is 264 g/mol. The number of amides is 1. The Morgan fingerprint density at radius 1 is 1.21 bits per heavy atom. The number of hydrogen-bond donors (Lipinski definition) is 1. The first-order valence-electron chi connectivity index (χ1n) is 8.19. The van der Waals surface area contributed by atoms with Gasteiger partial charge in [-0.05, 0) is 56.4 Å². The van der Waals surface area contributed by atoms with Crippen molar-refractivity contribution >= 4 is 5.91 Å². The zero-order valence-electron chi connectivity index (χ0n) is 12.2. The van der Waals surface area contributed by atoms with Crippen molar-refractivity contribution < 1.29 is 4.79 Å². The van der Waals surface area contributed by atoms with Crippen molar-refractivity contribution in [2.75, 3.05) is 20.1 Å². The molecule has 3 rings (SSSR count). The van der Waals surface area contributed by atoms with Crippen molar-refractivity contribution in [3.05, 3.63) is 0 Å². The van der Waals surface area contributed by atoms with Gasteiger partial charge in [0.2, 0.25) is 5.91 Å². The molecule has 4 unspecified atom stereocenters. The van der Waals surface area contributed by atoms with Gasteiger partial charge in [0.1, 0.15) is 0 Å². The van der Waals surface area contributed by atoms with Crippen LogP contribution in [0.25, 0.3) is 0 Å². The molecular weight excluding hydrogens is 236 g/mol. The summed E-state index contributed by atoms with van der Waals surface area (Å²) in [5.74, 6) is 2.90. The van der Waals surface area contributed by atoms with Crippen molar-refractivity contribution in [2.24, 2.45) is 17.8 Å². The lowest BCUT2D eigenvalue weighted by molar-refractivity contribution is -0.131. The largest absolute Gasteiger partial charge is 0.344 e. The van der Waals surface area contributed by atoms with E-state index in [4.69, 9.17) is 0 Å². The van der Waals surface area contributed by atoms with Crippen LogP contribution in [0.2, 0.25) is 0 Å². The number of rotatable bonds is 4. The quantitative estimate of drug-likeness (QED) is 0.845. The second kappa shape index (κ2) is 5.82. The molecule has 3 heteroatoms. The zero-order valence-corrected chi connectivity index (χ0v) is 12.2. The van der Waals surface area contributed by atoms with Crippen LogP contribution < -0.4 is 5.32 Å². The van der Waals surface area contributed by atoms with E-state index in [0.717, 1.165) is 31.3 Å². The van der Waals surface area contributed by atoms with Gasteiger partial charge >= 0.3 is 0 Å². The van der Waals surface area contributed by atoms with Gasteiger partial charge in [-0.3, -0.25) is 4.79 Å². The third-order valence-corrected chi connectivity index (χ3v) is 5.65. The topological polar surface area (TPSA) is 32.3 Å². The smallest absolute Gasteiger partial charge is 0.222 e. The van der Waals surface area contributed by atoms with Crippen LogP contribution in [-0.4, -0.2) is 37.0 Å². The van der Waals surface area contributed by atoms with Gasteiger partial charge < -0.3 is 10.2 Å². The summed E-state index contributed by atoms with van der Waals surface area (Å²) < 4.78 is 0. The Bertz CT molecular complexity index is 325. The summed E-state index contributed by atoms with van der Waals surface area (Å²) in [4.78, 5) is 14.3. The fraction of sp³-hybridized carbons (Fsp3) is 0.938. The minimum Gasteiger partial charge on any atom is -0.344 e. The van der Waals surface area contributed by atoms with E-state index in [1.807, 2.05) is 11.9 Å². The van der Waals surface area contributed by atoms with Crippen molar-refractivity contribution in [3.8, 4) is 0 Å².